The number of carbonyl (C=O) groups excluding carboxylic acids is 1. The van der Waals surface area contributed by atoms with Crippen molar-refractivity contribution in [3.8, 4) is 0 Å². The van der Waals surface area contributed by atoms with Crippen molar-refractivity contribution in [3.05, 3.63) is 28.2 Å². The number of aliphatic carboxylic acids is 1. The van der Waals surface area contributed by atoms with Crippen molar-refractivity contribution in [3.63, 3.8) is 0 Å². The first kappa shape index (κ1) is 16.4. The molecular formula is C12H13BrF2N2O3. The Kier molecular flexibility index (Phi) is 5.87. The Balaban J connectivity index is 2.75. The maximum absolute atomic E-state index is 13.5. The number of rotatable bonds is 5. The molecule has 1 atom stereocenters. The van der Waals surface area contributed by atoms with Crippen LogP contribution in [0.3, 0.4) is 0 Å². The number of nitrogens with one attached hydrogen (secondary N) is 2. The molecule has 0 fully saturated rings. The van der Waals surface area contributed by atoms with Crippen molar-refractivity contribution in [2.45, 2.75) is 25.8 Å². The first-order valence-electron chi connectivity index (χ1n) is 5.80. The quantitative estimate of drug-likeness (QED) is 0.714. The molecule has 0 aromatic heterocycles. The van der Waals surface area contributed by atoms with Gasteiger partial charge < -0.3 is 15.7 Å². The maximum atomic E-state index is 13.5. The van der Waals surface area contributed by atoms with Crippen LogP contribution >= 0.6 is 15.9 Å². The Morgan fingerprint density at radius 1 is 1.35 bits per heavy atom. The van der Waals surface area contributed by atoms with Gasteiger partial charge in [-0.05, 0) is 28.4 Å². The summed E-state index contributed by atoms with van der Waals surface area (Å²) in [5.74, 6) is -2.77. The lowest BCUT2D eigenvalue weighted by Crippen LogP contribution is -2.43. The Labute approximate surface area is 122 Å². The smallest absolute Gasteiger partial charge is 0.326 e. The predicted molar refractivity (Wildman–Crippen MR) is 72.5 cm³/mol. The molecule has 0 unspecified atom stereocenters. The summed E-state index contributed by atoms with van der Waals surface area (Å²) in [5.41, 5.74) is -0.371. The zero-order valence-corrected chi connectivity index (χ0v) is 12.1. The van der Waals surface area contributed by atoms with Crippen molar-refractivity contribution >= 4 is 33.6 Å². The number of amides is 2. The fourth-order valence-corrected chi connectivity index (χ4v) is 1.80. The number of urea groups is 1. The van der Waals surface area contributed by atoms with Crippen molar-refractivity contribution in [1.82, 2.24) is 5.32 Å². The number of halogens is 3. The van der Waals surface area contributed by atoms with Gasteiger partial charge in [-0.3, -0.25) is 0 Å². The van der Waals surface area contributed by atoms with Crippen LogP contribution in [-0.4, -0.2) is 23.1 Å². The predicted octanol–water partition coefficient (Wildman–Crippen LogP) is 3.10. The molecule has 0 bridgehead atoms. The minimum absolute atomic E-state index is 0.0737. The van der Waals surface area contributed by atoms with Gasteiger partial charge in [0, 0.05) is 6.07 Å². The molecular weight excluding hydrogens is 338 g/mol. The molecule has 110 valence electrons. The highest BCUT2D eigenvalue weighted by Gasteiger charge is 2.19. The molecule has 0 radical (unpaired) electrons. The van der Waals surface area contributed by atoms with Crippen molar-refractivity contribution < 1.29 is 23.5 Å². The highest BCUT2D eigenvalue weighted by Crippen LogP contribution is 2.23. The SMILES string of the molecule is CCC[C@H](NC(=O)Nc1cc(F)c(Br)cc1F)C(=O)O. The summed E-state index contributed by atoms with van der Waals surface area (Å²) in [5, 5.41) is 13.1. The molecule has 0 spiro atoms. The van der Waals surface area contributed by atoms with Gasteiger partial charge in [0.1, 0.15) is 17.7 Å². The van der Waals surface area contributed by atoms with Gasteiger partial charge in [-0.15, -0.1) is 0 Å². The normalized spacial score (nSPS) is 11.8. The fraction of sp³-hybridized carbons (Fsp3) is 0.333. The van der Waals surface area contributed by atoms with Crippen LogP contribution in [0, 0.1) is 11.6 Å². The van der Waals surface area contributed by atoms with Crippen LogP contribution in [0.25, 0.3) is 0 Å². The number of benzene rings is 1. The molecule has 5 nitrogen and oxygen atoms in total. The van der Waals surface area contributed by atoms with E-state index < -0.39 is 29.7 Å². The van der Waals surface area contributed by atoms with E-state index in [2.05, 4.69) is 26.6 Å². The van der Waals surface area contributed by atoms with E-state index in [-0.39, 0.29) is 16.6 Å². The van der Waals surface area contributed by atoms with E-state index in [1.165, 1.54) is 0 Å². The monoisotopic (exact) mass is 350 g/mol. The molecule has 8 heteroatoms. The highest BCUT2D eigenvalue weighted by atomic mass is 79.9. The highest BCUT2D eigenvalue weighted by molar-refractivity contribution is 9.10. The topological polar surface area (TPSA) is 78.4 Å². The van der Waals surface area contributed by atoms with Crippen LogP contribution < -0.4 is 10.6 Å². The van der Waals surface area contributed by atoms with Gasteiger partial charge >= 0.3 is 12.0 Å². The van der Waals surface area contributed by atoms with Crippen molar-refractivity contribution in [2.75, 3.05) is 5.32 Å². The molecule has 0 aliphatic carbocycles. The standard InChI is InChI=1S/C12H13BrF2N2O3/c1-2-3-9(11(18)19)16-12(20)17-10-5-7(14)6(13)4-8(10)15/h4-5,9H,2-3H2,1H3,(H,18,19)(H2,16,17,20)/t9-/m0/s1. The van der Waals surface area contributed by atoms with Gasteiger partial charge in [-0.25, -0.2) is 18.4 Å². The lowest BCUT2D eigenvalue weighted by atomic mass is 10.2. The molecule has 0 aliphatic heterocycles. The third kappa shape index (κ3) is 4.44. The average Bonchev–Trinajstić information content (AvgIpc) is 2.35. The van der Waals surface area contributed by atoms with Crippen LogP contribution in [0.5, 0.6) is 0 Å². The summed E-state index contributed by atoms with van der Waals surface area (Å²) in [6, 6.07) is -0.324. The Hall–Kier alpha value is -1.70. The zero-order chi connectivity index (χ0) is 15.3. The lowest BCUT2D eigenvalue weighted by Gasteiger charge is -2.14. The van der Waals surface area contributed by atoms with Gasteiger partial charge in [0.05, 0.1) is 10.2 Å². The van der Waals surface area contributed by atoms with E-state index in [1.54, 1.807) is 6.92 Å². The fourth-order valence-electron chi connectivity index (χ4n) is 1.48. The van der Waals surface area contributed by atoms with E-state index >= 15 is 0 Å². The van der Waals surface area contributed by atoms with Crippen LogP contribution in [0.1, 0.15) is 19.8 Å². The van der Waals surface area contributed by atoms with Crippen LogP contribution in [0.4, 0.5) is 19.3 Å². The summed E-state index contributed by atoms with van der Waals surface area (Å²) in [7, 11) is 0. The largest absolute Gasteiger partial charge is 0.480 e. The number of carbonyl (C=O) groups is 2. The average molecular weight is 351 g/mol. The van der Waals surface area contributed by atoms with Crippen LogP contribution in [0.15, 0.2) is 16.6 Å². The molecule has 3 N–H and O–H groups in total. The number of hydrogen-bond acceptors (Lipinski definition) is 2. The summed E-state index contributed by atoms with van der Waals surface area (Å²) in [6.07, 6.45) is 0.790. The molecule has 0 heterocycles. The Morgan fingerprint density at radius 3 is 2.55 bits per heavy atom. The molecule has 2 amide bonds. The van der Waals surface area contributed by atoms with E-state index in [9.17, 15) is 18.4 Å². The minimum Gasteiger partial charge on any atom is -0.480 e. The molecule has 0 saturated heterocycles. The first-order valence-corrected chi connectivity index (χ1v) is 6.59. The lowest BCUT2D eigenvalue weighted by molar-refractivity contribution is -0.139. The Morgan fingerprint density at radius 2 is 2.00 bits per heavy atom. The molecule has 0 saturated carbocycles. The van der Waals surface area contributed by atoms with Gasteiger partial charge in [0.25, 0.3) is 0 Å². The maximum Gasteiger partial charge on any atom is 0.326 e. The molecule has 20 heavy (non-hydrogen) atoms. The van der Waals surface area contributed by atoms with Gasteiger partial charge in [-0.1, -0.05) is 13.3 Å². The first-order chi connectivity index (χ1) is 9.35. The second-order valence-electron chi connectivity index (χ2n) is 4.02. The van der Waals surface area contributed by atoms with Gasteiger partial charge in [-0.2, -0.15) is 0 Å². The van der Waals surface area contributed by atoms with E-state index in [4.69, 9.17) is 5.11 Å². The Bertz CT molecular complexity index is 526. The third-order valence-electron chi connectivity index (χ3n) is 2.44. The minimum atomic E-state index is -1.19. The van der Waals surface area contributed by atoms with Crippen LogP contribution in [-0.2, 0) is 4.79 Å². The summed E-state index contributed by atoms with van der Waals surface area (Å²) >= 11 is 2.81. The molecule has 1 aromatic rings. The van der Waals surface area contributed by atoms with Gasteiger partial charge in [0.15, 0.2) is 0 Å². The number of carboxylic acids is 1. The van der Waals surface area contributed by atoms with Crippen molar-refractivity contribution in [1.29, 1.82) is 0 Å². The third-order valence-corrected chi connectivity index (χ3v) is 3.05. The van der Waals surface area contributed by atoms with Crippen molar-refractivity contribution in [2.24, 2.45) is 0 Å². The van der Waals surface area contributed by atoms with E-state index in [0.717, 1.165) is 12.1 Å². The number of anilines is 1. The molecule has 1 rings (SSSR count). The summed E-state index contributed by atoms with van der Waals surface area (Å²) < 4.78 is 26.6. The summed E-state index contributed by atoms with van der Waals surface area (Å²) in [6.45, 7) is 1.76. The molecule has 1 aromatic carbocycles. The van der Waals surface area contributed by atoms with E-state index in [0.29, 0.717) is 6.42 Å². The summed E-state index contributed by atoms with van der Waals surface area (Å²) in [4.78, 5) is 22.4. The molecule has 0 aliphatic rings. The van der Waals surface area contributed by atoms with Crippen LogP contribution in [0.2, 0.25) is 0 Å². The van der Waals surface area contributed by atoms with Gasteiger partial charge in [0.2, 0.25) is 0 Å². The number of hydrogen-bond donors (Lipinski definition) is 3. The second kappa shape index (κ2) is 7.18. The number of carboxylic acid groups (broad SMARTS) is 1. The van der Waals surface area contributed by atoms with E-state index in [1.807, 2.05) is 0 Å². The zero-order valence-electron chi connectivity index (χ0n) is 10.5. The second-order valence-corrected chi connectivity index (χ2v) is 4.88.